The molecule has 8 aromatic rings. The lowest BCUT2D eigenvalue weighted by atomic mass is 9.90. The van der Waals surface area contributed by atoms with Crippen molar-refractivity contribution < 1.29 is 26.7 Å². The molecule has 72 heavy (non-hydrogen) atoms. The summed E-state index contributed by atoms with van der Waals surface area (Å²) in [5.74, 6) is 3.84. The summed E-state index contributed by atoms with van der Waals surface area (Å²) in [5.41, 5.74) is 4.65. The molecule has 8 rings (SSSR count). The van der Waals surface area contributed by atoms with E-state index in [-0.39, 0.29) is 43.3 Å². The monoisotopic (exact) mass is 1020 g/mol. The van der Waals surface area contributed by atoms with Crippen molar-refractivity contribution in [1.29, 1.82) is 0 Å². The maximum Gasteiger partial charge on any atom is 0.231 e. The average Bonchev–Trinajstić information content (AvgIpc) is 4.13. The second-order valence-corrected chi connectivity index (χ2v) is 25.4. The highest BCUT2D eigenvalue weighted by Crippen LogP contribution is 2.24. The van der Waals surface area contributed by atoms with Gasteiger partial charge >= 0.3 is 0 Å². The van der Waals surface area contributed by atoms with Crippen molar-refractivity contribution >= 4 is 11.3 Å². The Morgan fingerprint density at radius 3 is 1.38 bits per heavy atom. The SMILES string of the molecule is CC(C)(C)c1cn[nH]c1.CC(C)(C)c1cnco1.CC(C)(C)c1cocn1.CC(C)(C)c1ncco1.CC(C)(C)c1ncno1.CC(C)(C)c1ncon1.CC(C)(C)c1nnco1.CC(C)(C)c1nncs1. The van der Waals surface area contributed by atoms with Gasteiger partial charge in [0, 0.05) is 44.1 Å². The molecule has 8 heterocycles. The molecule has 0 aliphatic heterocycles. The Labute approximate surface area is 432 Å². The maximum absolute atomic E-state index is 5.09. The van der Waals surface area contributed by atoms with Crippen molar-refractivity contribution in [2.24, 2.45) is 0 Å². The van der Waals surface area contributed by atoms with Gasteiger partial charge in [0.15, 0.2) is 30.8 Å². The van der Waals surface area contributed by atoms with Crippen molar-refractivity contribution in [2.45, 2.75) is 209 Å². The van der Waals surface area contributed by atoms with Crippen molar-refractivity contribution in [3.8, 4) is 0 Å². The van der Waals surface area contributed by atoms with E-state index in [4.69, 9.17) is 22.2 Å². The number of rotatable bonds is 0. The molecule has 0 spiro atoms. The highest BCUT2D eigenvalue weighted by Gasteiger charge is 2.22. The Morgan fingerprint density at radius 1 is 0.514 bits per heavy atom. The van der Waals surface area contributed by atoms with E-state index in [0.717, 1.165) is 28.2 Å². The molecule has 0 bridgehead atoms. The summed E-state index contributed by atoms with van der Waals surface area (Å²) in [5, 5.41) is 30.0. The smallest absolute Gasteiger partial charge is 0.231 e. The van der Waals surface area contributed by atoms with Crippen LogP contribution in [0.2, 0.25) is 0 Å². The number of hydrogen-bond acceptors (Lipinski definition) is 19. The van der Waals surface area contributed by atoms with Crippen LogP contribution in [-0.4, -0.2) is 65.8 Å². The molecule has 0 unspecified atom stereocenters. The Balaban J connectivity index is 0.000000411. The van der Waals surface area contributed by atoms with E-state index in [0.29, 0.717) is 11.8 Å². The highest BCUT2D eigenvalue weighted by molar-refractivity contribution is 7.09. The third-order valence-electron chi connectivity index (χ3n) is 8.85. The Kier molecular flexibility index (Phi) is 24.5. The lowest BCUT2D eigenvalue weighted by Gasteiger charge is -2.14. The van der Waals surface area contributed by atoms with Crippen LogP contribution in [0, 0.1) is 0 Å². The van der Waals surface area contributed by atoms with Crippen LogP contribution >= 0.6 is 11.3 Å². The predicted octanol–water partition coefficient (Wildman–Crippen LogP) is 13.6. The number of aromatic amines is 1. The molecule has 19 nitrogen and oxygen atoms in total. The molecule has 0 aliphatic carbocycles. The number of nitrogens with zero attached hydrogens (tertiary/aromatic N) is 12. The first-order chi connectivity index (χ1) is 32.8. The first-order valence-electron chi connectivity index (χ1n) is 23.6. The van der Waals surface area contributed by atoms with Crippen LogP contribution in [0.5, 0.6) is 0 Å². The van der Waals surface area contributed by atoms with Crippen LogP contribution in [0.25, 0.3) is 0 Å². The molecule has 0 fully saturated rings. The van der Waals surface area contributed by atoms with Gasteiger partial charge in [0.1, 0.15) is 28.8 Å². The summed E-state index contributed by atoms with van der Waals surface area (Å²) in [6, 6.07) is 0. The predicted molar refractivity (Wildman–Crippen MR) is 280 cm³/mol. The number of hydrogen-bond donors (Lipinski definition) is 1. The van der Waals surface area contributed by atoms with Crippen LogP contribution < -0.4 is 0 Å². The van der Waals surface area contributed by atoms with Crippen LogP contribution in [-0.2, 0) is 43.3 Å². The molecule has 0 aliphatic rings. The van der Waals surface area contributed by atoms with Crippen molar-refractivity contribution in [2.75, 3.05) is 0 Å². The number of aromatic nitrogens is 13. The fourth-order valence-corrected chi connectivity index (χ4v) is 5.07. The minimum atomic E-state index is -0.0174. The van der Waals surface area contributed by atoms with Gasteiger partial charge in [-0.2, -0.15) is 15.1 Å². The van der Waals surface area contributed by atoms with Gasteiger partial charge < -0.3 is 26.7 Å². The van der Waals surface area contributed by atoms with E-state index in [9.17, 15) is 0 Å². The Morgan fingerprint density at radius 2 is 1.15 bits per heavy atom. The largest absolute Gasteiger partial charge is 0.451 e. The molecule has 20 heteroatoms. The van der Waals surface area contributed by atoms with Gasteiger partial charge in [-0.3, -0.25) is 5.10 Å². The minimum Gasteiger partial charge on any atom is -0.451 e. The van der Waals surface area contributed by atoms with Crippen molar-refractivity contribution in [3.05, 3.63) is 120 Å². The summed E-state index contributed by atoms with van der Waals surface area (Å²) in [6.45, 7) is 50.0. The van der Waals surface area contributed by atoms with Crippen LogP contribution in [0.3, 0.4) is 0 Å². The van der Waals surface area contributed by atoms with Crippen LogP contribution in [0.15, 0.2) is 101 Å². The first-order valence-corrected chi connectivity index (χ1v) is 24.5. The minimum absolute atomic E-state index is 0.00694. The molecular weight excluding hydrogens is 935 g/mol. The Hall–Kier alpha value is -6.18. The normalized spacial score (nSPS) is 11.9. The molecule has 1 N–H and O–H groups in total. The molecule has 0 amide bonds. The zero-order chi connectivity index (χ0) is 55.2. The molecule has 0 saturated heterocycles. The van der Waals surface area contributed by atoms with Gasteiger partial charge in [0.2, 0.25) is 24.6 Å². The van der Waals surface area contributed by atoms with E-state index in [1.807, 2.05) is 74.7 Å². The third kappa shape index (κ3) is 26.3. The number of oxazole rings is 3. The highest BCUT2D eigenvalue weighted by atomic mass is 32.1. The van der Waals surface area contributed by atoms with E-state index in [1.165, 1.54) is 37.5 Å². The lowest BCUT2D eigenvalue weighted by Crippen LogP contribution is -2.12. The molecule has 0 aromatic carbocycles. The topological polar surface area (TPSA) is 249 Å². The standard InChI is InChI=1S/C7H12N2.3C7H11NO.3C6H10N2O.C6H10N2S/c1-7(2,3)6-4-8-9-5-6;1-7(2,3)6-4-9-5-8-6;1-7(2,3)6-4-8-5-9-6;1-7(2,3)6-8-4-5-9-6;1-6(2,3)5-8-7-4-9-5;1-6(2,3)5-7-4-9-8-5;1-6(2,3)5-7-4-8-9-5;1-6(2,3)5-8-7-4-9-5/h4-5H,1-3H3,(H,8,9);3*4-5H,1-3H3;4*4H,1-3H3. The second-order valence-electron chi connectivity index (χ2n) is 24.6. The fourth-order valence-electron chi connectivity index (χ4n) is 4.43. The van der Waals surface area contributed by atoms with Gasteiger partial charge in [-0.25, -0.2) is 15.0 Å². The molecule has 0 radical (unpaired) electrons. The average molecular weight is 1020 g/mol. The zero-order valence-electron chi connectivity index (χ0n) is 47.7. The van der Waals surface area contributed by atoms with Gasteiger partial charge in [-0.05, 0) is 11.0 Å². The van der Waals surface area contributed by atoms with E-state index < -0.39 is 0 Å². The second kappa shape index (κ2) is 27.6. The molecule has 8 aromatic heterocycles. The van der Waals surface area contributed by atoms with Gasteiger partial charge in [0.05, 0.1) is 24.3 Å². The van der Waals surface area contributed by atoms with Crippen molar-refractivity contribution in [3.63, 3.8) is 0 Å². The van der Waals surface area contributed by atoms with E-state index in [1.54, 1.807) is 41.8 Å². The molecule has 400 valence electrons. The first kappa shape index (κ1) is 63.8. The third-order valence-corrected chi connectivity index (χ3v) is 9.97. The fraction of sp³-hybridized carbons (Fsp3) is 0.615. The number of nitrogens with one attached hydrogen (secondary N) is 1. The summed E-state index contributed by atoms with van der Waals surface area (Å²) in [7, 11) is 0. The quantitative estimate of drug-likeness (QED) is 0.148. The summed E-state index contributed by atoms with van der Waals surface area (Å²) >= 11 is 1.61. The van der Waals surface area contributed by atoms with Gasteiger partial charge in [0.25, 0.3) is 0 Å². The van der Waals surface area contributed by atoms with Crippen molar-refractivity contribution in [1.82, 2.24) is 65.8 Å². The molecule has 0 atom stereocenters. The summed E-state index contributed by atoms with van der Waals surface area (Å²) in [4.78, 5) is 19.7. The van der Waals surface area contributed by atoms with E-state index >= 15 is 0 Å². The molecule has 0 saturated carbocycles. The van der Waals surface area contributed by atoms with E-state index in [2.05, 4.69) is 174 Å². The van der Waals surface area contributed by atoms with Gasteiger partial charge in [-0.1, -0.05) is 176 Å². The van der Waals surface area contributed by atoms with Gasteiger partial charge in [-0.15, -0.1) is 31.7 Å². The maximum atomic E-state index is 5.09. The van der Waals surface area contributed by atoms with Crippen LogP contribution in [0.4, 0.5) is 0 Å². The Bertz CT molecular complexity index is 1910. The number of H-pyrrole nitrogens is 1. The zero-order valence-corrected chi connectivity index (χ0v) is 48.5. The molecular formula is C52H85N13O6S. The summed E-state index contributed by atoms with van der Waals surface area (Å²) < 4.78 is 29.4. The summed E-state index contributed by atoms with van der Waals surface area (Å²) in [6.07, 6.45) is 17.5. The lowest BCUT2D eigenvalue weighted by molar-refractivity contribution is 0.320. The van der Waals surface area contributed by atoms with Crippen LogP contribution in [0.1, 0.15) is 212 Å².